The van der Waals surface area contributed by atoms with Crippen LogP contribution < -0.4 is 5.32 Å². The molecule has 2 aromatic heterocycles. The van der Waals surface area contributed by atoms with Crippen molar-refractivity contribution in [2.75, 3.05) is 0 Å². The maximum absolute atomic E-state index is 13.2. The fraction of sp³-hybridized carbons (Fsp3) is 0.333. The molecular formula is C24H23FN4O. The molecule has 5 rings (SSSR count). The summed E-state index contributed by atoms with van der Waals surface area (Å²) < 4.78 is 13.2. The number of fused-ring (bicyclic) bond motifs is 1. The number of nitrogens with zero attached hydrogens (tertiary/aromatic N) is 3. The molecule has 1 N–H and O–H groups in total. The van der Waals surface area contributed by atoms with Crippen molar-refractivity contribution in [1.82, 2.24) is 20.3 Å². The highest BCUT2D eigenvalue weighted by Gasteiger charge is 2.47. The summed E-state index contributed by atoms with van der Waals surface area (Å²) >= 11 is 0. The molecular weight excluding hydrogens is 379 g/mol. The first kappa shape index (κ1) is 18.9. The molecule has 0 radical (unpaired) electrons. The molecule has 2 heterocycles. The Kier molecular flexibility index (Phi) is 4.57. The lowest BCUT2D eigenvalue weighted by Crippen LogP contribution is -2.36. The van der Waals surface area contributed by atoms with Crippen molar-refractivity contribution in [2.24, 2.45) is 0 Å². The van der Waals surface area contributed by atoms with Crippen molar-refractivity contribution in [1.29, 1.82) is 0 Å². The van der Waals surface area contributed by atoms with Crippen molar-refractivity contribution in [3.05, 3.63) is 88.5 Å². The first-order valence-electron chi connectivity index (χ1n) is 10.4. The minimum atomic E-state index is -0.418. The Morgan fingerprint density at radius 1 is 1.10 bits per heavy atom. The molecule has 0 aliphatic heterocycles. The Bertz CT molecular complexity index is 1110. The molecule has 152 valence electrons. The second kappa shape index (κ2) is 7.27. The van der Waals surface area contributed by atoms with Gasteiger partial charge in [0.15, 0.2) is 0 Å². The van der Waals surface area contributed by atoms with Crippen LogP contribution in [-0.2, 0) is 12.0 Å². The number of aryl methyl sites for hydroxylation is 2. The summed E-state index contributed by atoms with van der Waals surface area (Å²) in [4.78, 5) is 26.5. The van der Waals surface area contributed by atoms with Gasteiger partial charge in [-0.25, -0.2) is 14.4 Å². The lowest BCUT2D eigenvalue weighted by atomic mass is 9.83. The SMILES string of the molecule is Cc1nccc(C2CCCc3nc(C4(NC(=O)c5ccc(F)cc5)CC4)ccc32)n1. The summed E-state index contributed by atoms with van der Waals surface area (Å²) in [7, 11) is 0. The summed E-state index contributed by atoms with van der Waals surface area (Å²) in [6, 6.07) is 11.8. The van der Waals surface area contributed by atoms with E-state index in [2.05, 4.69) is 21.4 Å². The number of carbonyl (C=O) groups is 1. The smallest absolute Gasteiger partial charge is 0.252 e. The normalized spacial score (nSPS) is 19.1. The molecule has 6 heteroatoms. The summed E-state index contributed by atoms with van der Waals surface area (Å²) in [6.45, 7) is 1.91. The molecule has 0 saturated heterocycles. The van der Waals surface area contributed by atoms with E-state index in [9.17, 15) is 9.18 Å². The molecule has 0 spiro atoms. The van der Waals surface area contributed by atoms with Crippen LogP contribution in [0.5, 0.6) is 0 Å². The van der Waals surface area contributed by atoms with E-state index in [0.717, 1.165) is 55.0 Å². The number of halogens is 1. The number of hydrogen-bond acceptors (Lipinski definition) is 4. The van der Waals surface area contributed by atoms with Gasteiger partial charge in [-0.3, -0.25) is 9.78 Å². The molecule has 1 saturated carbocycles. The molecule has 3 aromatic rings. The van der Waals surface area contributed by atoms with Gasteiger partial charge < -0.3 is 5.32 Å². The van der Waals surface area contributed by atoms with Gasteiger partial charge in [0.05, 0.1) is 16.9 Å². The highest BCUT2D eigenvalue weighted by atomic mass is 19.1. The van der Waals surface area contributed by atoms with Gasteiger partial charge in [-0.2, -0.15) is 0 Å². The van der Waals surface area contributed by atoms with Crippen LogP contribution in [0, 0.1) is 12.7 Å². The molecule has 1 aromatic carbocycles. The van der Waals surface area contributed by atoms with Crippen LogP contribution in [0.15, 0.2) is 48.7 Å². The van der Waals surface area contributed by atoms with Gasteiger partial charge in [-0.1, -0.05) is 6.07 Å². The van der Waals surface area contributed by atoms with E-state index in [4.69, 9.17) is 4.98 Å². The lowest BCUT2D eigenvalue weighted by molar-refractivity contribution is 0.0929. The van der Waals surface area contributed by atoms with Crippen molar-refractivity contribution in [3.8, 4) is 0 Å². The van der Waals surface area contributed by atoms with Gasteiger partial charge in [0.2, 0.25) is 0 Å². The zero-order valence-corrected chi connectivity index (χ0v) is 16.9. The quantitative estimate of drug-likeness (QED) is 0.710. The third-order valence-electron chi connectivity index (χ3n) is 6.15. The van der Waals surface area contributed by atoms with E-state index < -0.39 is 5.54 Å². The van der Waals surface area contributed by atoms with Gasteiger partial charge in [0.25, 0.3) is 5.91 Å². The zero-order valence-electron chi connectivity index (χ0n) is 16.9. The average molecular weight is 402 g/mol. The summed E-state index contributed by atoms with van der Waals surface area (Å²) in [5.41, 5.74) is 4.32. The molecule has 1 unspecified atom stereocenters. The third-order valence-corrected chi connectivity index (χ3v) is 6.15. The van der Waals surface area contributed by atoms with E-state index in [1.807, 2.05) is 25.3 Å². The number of hydrogen-bond donors (Lipinski definition) is 1. The van der Waals surface area contributed by atoms with Crippen molar-refractivity contribution in [3.63, 3.8) is 0 Å². The number of benzene rings is 1. The Morgan fingerprint density at radius 2 is 1.90 bits per heavy atom. The predicted molar refractivity (Wildman–Crippen MR) is 111 cm³/mol. The van der Waals surface area contributed by atoms with Gasteiger partial charge in [-0.15, -0.1) is 0 Å². The van der Waals surface area contributed by atoms with Crippen LogP contribution in [0.1, 0.15) is 70.4 Å². The minimum Gasteiger partial charge on any atom is -0.341 e. The number of rotatable bonds is 4. The number of pyridine rings is 1. The second-order valence-corrected chi connectivity index (χ2v) is 8.25. The van der Waals surface area contributed by atoms with Crippen molar-refractivity contribution < 1.29 is 9.18 Å². The number of amides is 1. The lowest BCUT2D eigenvalue weighted by Gasteiger charge is -2.26. The maximum Gasteiger partial charge on any atom is 0.252 e. The van der Waals surface area contributed by atoms with Gasteiger partial charge in [-0.05, 0) is 81.0 Å². The standard InChI is InChI=1S/C24H23FN4O/c1-15-26-14-11-21(27-15)18-3-2-4-20-19(18)9-10-22(28-20)24(12-13-24)29-23(30)16-5-7-17(25)8-6-16/h5-11,14,18H,2-4,12-13H2,1H3,(H,29,30). The second-order valence-electron chi connectivity index (χ2n) is 8.25. The highest BCUT2D eigenvalue weighted by Crippen LogP contribution is 2.46. The van der Waals surface area contributed by atoms with Crippen LogP contribution in [0.25, 0.3) is 0 Å². The monoisotopic (exact) mass is 402 g/mol. The molecule has 30 heavy (non-hydrogen) atoms. The Hall–Kier alpha value is -3.15. The van der Waals surface area contributed by atoms with Crippen LogP contribution in [-0.4, -0.2) is 20.9 Å². The fourth-order valence-electron chi connectivity index (χ4n) is 4.36. The number of carbonyl (C=O) groups excluding carboxylic acids is 1. The van der Waals surface area contributed by atoms with Crippen molar-refractivity contribution >= 4 is 5.91 Å². The first-order chi connectivity index (χ1) is 14.5. The average Bonchev–Trinajstić information content (AvgIpc) is 3.54. The molecule has 1 amide bonds. The fourth-order valence-corrected chi connectivity index (χ4v) is 4.36. The van der Waals surface area contributed by atoms with E-state index in [-0.39, 0.29) is 17.6 Å². The molecule has 0 bridgehead atoms. The molecule has 5 nitrogen and oxygen atoms in total. The van der Waals surface area contributed by atoms with E-state index in [0.29, 0.717) is 5.56 Å². The summed E-state index contributed by atoms with van der Waals surface area (Å²) in [5.74, 6) is 0.476. The topological polar surface area (TPSA) is 67.8 Å². The Morgan fingerprint density at radius 3 is 2.63 bits per heavy atom. The van der Waals surface area contributed by atoms with Crippen LogP contribution in [0.2, 0.25) is 0 Å². The maximum atomic E-state index is 13.2. The molecule has 2 aliphatic carbocycles. The predicted octanol–water partition coefficient (Wildman–Crippen LogP) is 4.21. The molecule has 1 fully saturated rings. The number of aromatic nitrogens is 3. The van der Waals surface area contributed by atoms with Crippen LogP contribution in [0.4, 0.5) is 4.39 Å². The zero-order chi connectivity index (χ0) is 20.7. The first-order valence-corrected chi connectivity index (χ1v) is 10.4. The largest absolute Gasteiger partial charge is 0.341 e. The van der Waals surface area contributed by atoms with Gasteiger partial charge in [0, 0.05) is 23.4 Å². The molecule has 1 atom stereocenters. The van der Waals surface area contributed by atoms with E-state index in [1.54, 1.807) is 0 Å². The summed E-state index contributed by atoms with van der Waals surface area (Å²) in [6.07, 6.45) is 6.59. The number of nitrogens with one attached hydrogen (secondary N) is 1. The van der Waals surface area contributed by atoms with E-state index in [1.165, 1.54) is 29.8 Å². The third kappa shape index (κ3) is 3.47. The highest BCUT2D eigenvalue weighted by molar-refractivity contribution is 5.95. The Balaban J connectivity index is 1.41. The van der Waals surface area contributed by atoms with Crippen LogP contribution in [0.3, 0.4) is 0 Å². The van der Waals surface area contributed by atoms with Gasteiger partial charge in [0.1, 0.15) is 11.6 Å². The summed E-state index contributed by atoms with van der Waals surface area (Å²) in [5, 5.41) is 3.13. The Labute approximate surface area is 174 Å². The molecule has 2 aliphatic rings. The van der Waals surface area contributed by atoms with Gasteiger partial charge >= 0.3 is 0 Å². The minimum absolute atomic E-state index is 0.193. The van der Waals surface area contributed by atoms with Crippen molar-refractivity contribution in [2.45, 2.75) is 50.5 Å². The van der Waals surface area contributed by atoms with Crippen LogP contribution >= 0.6 is 0 Å². The van der Waals surface area contributed by atoms with E-state index >= 15 is 0 Å².